The van der Waals surface area contributed by atoms with E-state index in [1.165, 1.54) is 15.4 Å². The molecule has 398 valence electrons. The van der Waals surface area contributed by atoms with Crippen molar-refractivity contribution < 1.29 is 40.2 Å². The number of carbonyl (C=O) groups is 3. The molecule has 12 rings (SSSR count). The number of sulfonamides is 1. The summed E-state index contributed by atoms with van der Waals surface area (Å²) in [5, 5.41) is 4.60. The number of nitrogens with zero attached hydrogens (tertiary/aromatic N) is 4. The molecule has 79 heavy (non-hydrogen) atoms. The number of hydrogen-bond donors (Lipinski definition) is 3. The van der Waals surface area contributed by atoms with E-state index in [1.54, 1.807) is 29.2 Å². The first-order valence-corrected chi connectivity index (χ1v) is 29.4. The van der Waals surface area contributed by atoms with Crippen molar-refractivity contribution in [2.45, 2.75) is 48.8 Å². The van der Waals surface area contributed by atoms with Crippen LogP contribution in [0.15, 0.2) is 167 Å². The van der Waals surface area contributed by atoms with Gasteiger partial charge in [0.05, 0.1) is 23.2 Å². The van der Waals surface area contributed by atoms with E-state index < -0.39 is 49.7 Å². The average Bonchev–Trinajstić information content (AvgIpc) is 4.19. The van der Waals surface area contributed by atoms with Crippen LogP contribution in [0.5, 0.6) is 0 Å². The Kier molecular flexibility index (Phi) is 13.7. The van der Waals surface area contributed by atoms with Gasteiger partial charge >= 0.3 is 0 Å². The summed E-state index contributed by atoms with van der Waals surface area (Å²) in [6.45, 7) is 0.798. The average molecular weight is 1090 g/mol. The minimum absolute atomic E-state index is 0.0163. The molecule has 1 atom stereocenters. The van der Waals surface area contributed by atoms with Crippen molar-refractivity contribution >= 4 is 71.6 Å². The summed E-state index contributed by atoms with van der Waals surface area (Å²) in [4.78, 5) is 44.7. The van der Waals surface area contributed by atoms with Gasteiger partial charge in [-0.15, -0.1) is 0 Å². The van der Waals surface area contributed by atoms with Gasteiger partial charge in [-0.2, -0.15) is 17.3 Å². The van der Waals surface area contributed by atoms with E-state index in [0.717, 1.165) is 70.4 Å². The molecule has 1 fully saturated rings. The molecule has 3 amide bonds. The van der Waals surface area contributed by atoms with Crippen LogP contribution in [0.4, 0.5) is 22.7 Å². The molecule has 15 nitrogen and oxygen atoms in total. The molecule has 0 radical (unpaired) electrons. The summed E-state index contributed by atoms with van der Waals surface area (Å²) in [7, 11) is -9.22. The summed E-state index contributed by atoms with van der Waals surface area (Å²) < 4.78 is 75.8. The van der Waals surface area contributed by atoms with Gasteiger partial charge in [-0.1, -0.05) is 96.8 Å². The molecule has 5 aliphatic heterocycles. The maximum atomic E-state index is 15.0. The van der Waals surface area contributed by atoms with E-state index in [1.807, 2.05) is 84.9 Å². The van der Waals surface area contributed by atoms with E-state index >= 15 is 0 Å². The van der Waals surface area contributed by atoms with Crippen molar-refractivity contribution in [2.75, 3.05) is 49.1 Å². The van der Waals surface area contributed by atoms with E-state index in [0.29, 0.717) is 33.7 Å². The largest absolute Gasteiger partial charge is 0.456 e. The Morgan fingerprint density at radius 1 is 0.696 bits per heavy atom. The van der Waals surface area contributed by atoms with Gasteiger partial charge in [-0.25, -0.2) is 8.42 Å². The van der Waals surface area contributed by atoms with Crippen LogP contribution in [0, 0.1) is 17.8 Å². The Balaban J connectivity index is 0.753. The fourth-order valence-corrected chi connectivity index (χ4v) is 13.8. The highest BCUT2D eigenvalue weighted by atomic mass is 32.2. The molecule has 6 aromatic carbocycles. The molecule has 1 aliphatic carbocycles. The molecule has 6 aliphatic rings. The Morgan fingerprint density at radius 2 is 1.39 bits per heavy atom. The normalized spacial score (nSPS) is 16.4. The summed E-state index contributed by atoms with van der Waals surface area (Å²) in [5.41, 5.74) is 11.1. The number of nitrogens with one attached hydrogen (secondary N) is 2. The van der Waals surface area contributed by atoms with Crippen LogP contribution in [-0.4, -0.2) is 87.9 Å². The van der Waals surface area contributed by atoms with Crippen molar-refractivity contribution in [1.82, 2.24) is 19.5 Å². The van der Waals surface area contributed by atoms with Crippen LogP contribution in [0.3, 0.4) is 0 Å². The molecular weight excluding hydrogens is 1040 g/mol. The van der Waals surface area contributed by atoms with E-state index in [2.05, 4.69) is 80.5 Å². The Hall–Kier alpha value is -8.40. The van der Waals surface area contributed by atoms with Crippen LogP contribution in [0.25, 0.3) is 33.4 Å². The van der Waals surface area contributed by atoms with Crippen LogP contribution in [0.2, 0.25) is 0 Å². The van der Waals surface area contributed by atoms with Gasteiger partial charge in [0.15, 0.2) is 11.8 Å². The predicted molar refractivity (Wildman–Crippen MR) is 303 cm³/mol. The van der Waals surface area contributed by atoms with E-state index in [4.69, 9.17) is 4.42 Å². The monoisotopic (exact) mass is 1090 g/mol. The molecule has 0 bridgehead atoms. The molecule has 1 saturated heterocycles. The Labute approximate surface area is 458 Å². The summed E-state index contributed by atoms with van der Waals surface area (Å²) in [5.74, 6) is 4.14. The first-order valence-electron chi connectivity index (χ1n) is 26.5. The van der Waals surface area contributed by atoms with E-state index in [-0.39, 0.29) is 56.2 Å². The fraction of sp³-hybridized carbons (Fsp3) is 0.226. The minimum atomic E-state index is -5.03. The number of fused-ring (bicyclic) bond motifs is 6. The quantitative estimate of drug-likeness (QED) is 0.0472. The Bertz CT molecular complexity index is 4120. The molecule has 0 aromatic heterocycles. The number of benzene rings is 7. The molecule has 6 aromatic rings. The lowest BCUT2D eigenvalue weighted by Gasteiger charge is -2.31. The van der Waals surface area contributed by atoms with Crippen molar-refractivity contribution in [3.63, 3.8) is 0 Å². The highest BCUT2D eigenvalue weighted by Crippen LogP contribution is 2.45. The lowest BCUT2D eigenvalue weighted by atomic mass is 9.93. The third-order valence-corrected chi connectivity index (χ3v) is 18.7. The van der Waals surface area contributed by atoms with Crippen molar-refractivity contribution in [1.29, 1.82) is 0 Å². The first-order chi connectivity index (χ1) is 38.3. The SMILES string of the molecule is O=C(NCC(C(=O)NCCC(=O)N1Cc2ccccc2C#Cc2ccccc21)S(=O)(=O)O)C1CCN(S(=O)(=O)c2ccccc2-c2c3ccc(=[N+]4CCc5ccccc54)cc-3oc3cc(N4CCc5ccccc54)ccc23)CC1. The van der Waals surface area contributed by atoms with Gasteiger partial charge in [0.25, 0.3) is 10.1 Å². The summed E-state index contributed by atoms with van der Waals surface area (Å²) >= 11 is 0. The zero-order chi connectivity index (χ0) is 54.4. The second-order valence-corrected chi connectivity index (χ2v) is 23.8. The Morgan fingerprint density at radius 3 is 2.20 bits per heavy atom. The second kappa shape index (κ2) is 21.1. The lowest BCUT2D eigenvalue weighted by Crippen LogP contribution is -2.49. The standard InChI is InChI=1S/C62H54N6O9S2/c69-59(68-40-46-15-2-1-11-41(46)21-22-42-12-3-9-19-54(42)68)27-32-63-62(71)58(79(74,75)76)39-64-61(70)45-28-33-65(34-29-45)78(72,73)57-20-10-6-16-51(57)60-49-25-23-47(66-35-30-43-13-4-7-17-52(43)66)37-55(49)77-56-38-48(24-26-50(56)60)67-36-31-44-14-5-8-18-53(44)67/h1-20,23-26,37-38,45,58H,27-36,39-40H2,(H2-,63,64,70,71,74,75,76)/p+1. The smallest absolute Gasteiger partial charge is 0.278 e. The molecule has 3 N–H and O–H groups in total. The third kappa shape index (κ3) is 9.97. The van der Waals surface area contributed by atoms with Crippen molar-refractivity contribution in [3.8, 4) is 34.3 Å². The highest BCUT2D eigenvalue weighted by molar-refractivity contribution is 7.89. The topological polar surface area (TPSA) is 190 Å². The maximum absolute atomic E-state index is 15.0. The number of piperidine rings is 1. The summed E-state index contributed by atoms with van der Waals surface area (Å²) in [6.07, 6.45) is 1.82. The molecule has 0 spiro atoms. The zero-order valence-electron chi connectivity index (χ0n) is 43.0. The van der Waals surface area contributed by atoms with Crippen LogP contribution < -0.4 is 30.4 Å². The first kappa shape index (κ1) is 51.4. The molecule has 5 heterocycles. The molecule has 0 saturated carbocycles. The van der Waals surface area contributed by atoms with Gasteiger partial charge in [0.1, 0.15) is 11.3 Å². The number of anilines is 3. The van der Waals surface area contributed by atoms with Crippen molar-refractivity contribution in [3.05, 3.63) is 191 Å². The van der Waals surface area contributed by atoms with E-state index in [9.17, 15) is 35.8 Å². The lowest BCUT2D eigenvalue weighted by molar-refractivity contribution is -0.126. The van der Waals surface area contributed by atoms with Crippen LogP contribution in [0.1, 0.15) is 47.1 Å². The number of hydrogen-bond acceptors (Lipinski definition) is 9. The zero-order valence-corrected chi connectivity index (χ0v) is 44.6. The minimum Gasteiger partial charge on any atom is -0.456 e. The maximum Gasteiger partial charge on any atom is 0.278 e. The van der Waals surface area contributed by atoms with Gasteiger partial charge in [0.2, 0.25) is 38.8 Å². The second-order valence-electron chi connectivity index (χ2n) is 20.3. The van der Waals surface area contributed by atoms with Gasteiger partial charge in [-0.3, -0.25) is 18.9 Å². The molecule has 17 heteroatoms. The van der Waals surface area contributed by atoms with Crippen molar-refractivity contribution in [2.24, 2.45) is 5.92 Å². The number of para-hydroxylation sites is 3. The number of carbonyl (C=O) groups excluding carboxylic acids is 3. The molecule has 1 unspecified atom stereocenters. The predicted octanol–water partition coefficient (Wildman–Crippen LogP) is 7.79. The van der Waals surface area contributed by atoms with Crippen LogP contribution in [-0.2, 0) is 53.9 Å². The summed E-state index contributed by atoms with van der Waals surface area (Å²) in [6, 6.07) is 50.5. The number of rotatable bonds is 12. The number of amides is 3. The van der Waals surface area contributed by atoms with Gasteiger partial charge < -0.3 is 24.9 Å². The van der Waals surface area contributed by atoms with Gasteiger partial charge in [0, 0.05) is 120 Å². The third-order valence-electron chi connectivity index (χ3n) is 15.6. The highest BCUT2D eigenvalue weighted by Gasteiger charge is 2.37. The van der Waals surface area contributed by atoms with Crippen LogP contribution >= 0.6 is 0 Å². The van der Waals surface area contributed by atoms with Gasteiger partial charge in [-0.05, 0) is 78.9 Å². The molecular formula is C62H55N6O9S2+. The fourth-order valence-electron chi connectivity index (χ4n) is 11.5.